The van der Waals surface area contributed by atoms with E-state index in [4.69, 9.17) is 0 Å². The molecule has 0 saturated heterocycles. The number of hydrogen-bond donors (Lipinski definition) is 2. The first-order chi connectivity index (χ1) is 10.2. The monoisotopic (exact) mass is 307 g/mol. The van der Waals surface area contributed by atoms with Crippen LogP contribution in [0.2, 0.25) is 0 Å². The Hall–Kier alpha value is -1.80. The zero-order valence-corrected chi connectivity index (χ0v) is 12.3. The van der Waals surface area contributed by atoms with Crippen LogP contribution in [0.25, 0.3) is 11.4 Å². The molecule has 0 aromatic carbocycles. The summed E-state index contributed by atoms with van der Waals surface area (Å²) in [5.41, 5.74) is 0.909. The highest BCUT2D eigenvalue weighted by Crippen LogP contribution is 2.24. The number of hydrogen-bond acceptors (Lipinski definition) is 6. The SMILES string of the molecule is O=C(Cn1nnc(-c2ccsc2)n1)NCC1CCC(O)C1. The zero-order chi connectivity index (χ0) is 14.7. The molecule has 7 nitrogen and oxygen atoms in total. The average Bonchev–Trinajstić information content (AvgIpc) is 3.16. The number of rotatable bonds is 5. The number of carbonyl (C=O) groups is 1. The molecule has 2 atom stereocenters. The van der Waals surface area contributed by atoms with Crippen molar-refractivity contribution in [3.63, 3.8) is 0 Å². The Balaban J connectivity index is 1.49. The Labute approximate surface area is 126 Å². The number of amides is 1. The average molecular weight is 307 g/mol. The van der Waals surface area contributed by atoms with Crippen LogP contribution < -0.4 is 5.32 Å². The van der Waals surface area contributed by atoms with E-state index >= 15 is 0 Å². The van der Waals surface area contributed by atoms with E-state index in [9.17, 15) is 9.90 Å². The van der Waals surface area contributed by atoms with Crippen LogP contribution in [-0.2, 0) is 11.3 Å². The number of tetrazole rings is 1. The van der Waals surface area contributed by atoms with E-state index in [-0.39, 0.29) is 18.6 Å². The fourth-order valence-corrected chi connectivity index (χ4v) is 3.13. The maximum Gasteiger partial charge on any atom is 0.243 e. The summed E-state index contributed by atoms with van der Waals surface area (Å²) in [5.74, 6) is 0.766. The van der Waals surface area contributed by atoms with Crippen molar-refractivity contribution in [1.82, 2.24) is 25.5 Å². The van der Waals surface area contributed by atoms with Crippen molar-refractivity contribution >= 4 is 17.2 Å². The van der Waals surface area contributed by atoms with Crippen LogP contribution >= 0.6 is 11.3 Å². The quantitative estimate of drug-likeness (QED) is 0.847. The van der Waals surface area contributed by atoms with Crippen LogP contribution in [0.5, 0.6) is 0 Å². The second-order valence-corrected chi connectivity index (χ2v) is 6.07. The molecular weight excluding hydrogens is 290 g/mol. The Morgan fingerprint density at radius 2 is 2.43 bits per heavy atom. The molecule has 1 amide bonds. The maximum absolute atomic E-state index is 11.8. The molecule has 0 bridgehead atoms. The second kappa shape index (κ2) is 6.31. The van der Waals surface area contributed by atoms with E-state index in [0.29, 0.717) is 18.3 Å². The second-order valence-electron chi connectivity index (χ2n) is 5.29. The van der Waals surface area contributed by atoms with Crippen LogP contribution in [0.15, 0.2) is 16.8 Å². The summed E-state index contributed by atoms with van der Waals surface area (Å²) in [6.45, 7) is 0.661. The maximum atomic E-state index is 11.8. The largest absolute Gasteiger partial charge is 0.393 e. The first-order valence-electron chi connectivity index (χ1n) is 6.96. The van der Waals surface area contributed by atoms with Gasteiger partial charge in [0, 0.05) is 17.5 Å². The van der Waals surface area contributed by atoms with E-state index in [1.54, 1.807) is 11.3 Å². The predicted octanol–water partition coefficient (Wildman–Crippen LogP) is 0.679. The lowest BCUT2D eigenvalue weighted by molar-refractivity contribution is -0.122. The molecule has 21 heavy (non-hydrogen) atoms. The van der Waals surface area contributed by atoms with Crippen molar-refractivity contribution in [1.29, 1.82) is 0 Å². The van der Waals surface area contributed by atoms with Crippen LogP contribution in [0, 0.1) is 5.92 Å². The first-order valence-corrected chi connectivity index (χ1v) is 7.90. The minimum absolute atomic E-state index is 0.0619. The normalized spacial score (nSPS) is 21.6. The highest BCUT2D eigenvalue weighted by Gasteiger charge is 2.23. The predicted molar refractivity (Wildman–Crippen MR) is 77.5 cm³/mol. The molecule has 2 aromatic heterocycles. The molecule has 8 heteroatoms. The third kappa shape index (κ3) is 3.64. The van der Waals surface area contributed by atoms with Crippen molar-refractivity contribution in [3.05, 3.63) is 16.8 Å². The van der Waals surface area contributed by atoms with Gasteiger partial charge < -0.3 is 10.4 Å². The minimum Gasteiger partial charge on any atom is -0.393 e. The molecule has 0 spiro atoms. The smallest absolute Gasteiger partial charge is 0.243 e. The summed E-state index contributed by atoms with van der Waals surface area (Å²) in [6.07, 6.45) is 2.35. The van der Waals surface area contributed by atoms with E-state index in [1.165, 1.54) is 4.80 Å². The third-order valence-electron chi connectivity index (χ3n) is 3.62. The Bertz CT molecular complexity index is 597. The standard InChI is InChI=1S/C13H17N5O2S/c19-11-2-1-9(5-11)6-14-12(20)7-18-16-13(15-17-18)10-3-4-21-8-10/h3-4,8-9,11,19H,1-2,5-7H2,(H,14,20). The highest BCUT2D eigenvalue weighted by atomic mass is 32.1. The number of nitrogens with one attached hydrogen (secondary N) is 1. The topological polar surface area (TPSA) is 92.9 Å². The molecule has 2 N–H and O–H groups in total. The lowest BCUT2D eigenvalue weighted by atomic mass is 10.1. The first kappa shape index (κ1) is 14.2. The van der Waals surface area contributed by atoms with Crippen molar-refractivity contribution in [2.45, 2.75) is 31.9 Å². The van der Waals surface area contributed by atoms with Gasteiger partial charge >= 0.3 is 0 Å². The van der Waals surface area contributed by atoms with Gasteiger partial charge in [0.1, 0.15) is 6.54 Å². The fourth-order valence-electron chi connectivity index (χ4n) is 2.49. The summed E-state index contributed by atoms with van der Waals surface area (Å²) >= 11 is 1.56. The van der Waals surface area contributed by atoms with Crippen LogP contribution in [-0.4, -0.2) is 43.9 Å². The van der Waals surface area contributed by atoms with Gasteiger partial charge in [-0.2, -0.15) is 16.1 Å². The zero-order valence-electron chi connectivity index (χ0n) is 11.5. The summed E-state index contributed by atoms with van der Waals surface area (Å²) < 4.78 is 0. The number of aliphatic hydroxyl groups is 1. The minimum atomic E-state index is -0.211. The van der Waals surface area contributed by atoms with Gasteiger partial charge in [-0.1, -0.05) is 0 Å². The van der Waals surface area contributed by atoms with Gasteiger partial charge in [-0.05, 0) is 41.8 Å². The number of aromatic nitrogens is 4. The highest BCUT2D eigenvalue weighted by molar-refractivity contribution is 7.08. The number of carbonyl (C=O) groups excluding carboxylic acids is 1. The van der Waals surface area contributed by atoms with Crippen LogP contribution in [0.3, 0.4) is 0 Å². The summed E-state index contributed by atoms with van der Waals surface area (Å²) in [7, 11) is 0. The van der Waals surface area contributed by atoms with Gasteiger partial charge in [0.25, 0.3) is 0 Å². The fraction of sp³-hybridized carbons (Fsp3) is 0.538. The lowest BCUT2D eigenvalue weighted by Gasteiger charge is -2.10. The molecular formula is C13H17N5O2S. The van der Waals surface area contributed by atoms with Crippen molar-refractivity contribution in [2.24, 2.45) is 5.92 Å². The third-order valence-corrected chi connectivity index (χ3v) is 4.30. The molecule has 0 radical (unpaired) electrons. The molecule has 2 heterocycles. The Morgan fingerprint density at radius 3 is 3.14 bits per heavy atom. The van der Waals surface area contributed by atoms with Crippen LogP contribution in [0.4, 0.5) is 0 Å². The Kier molecular flexibility index (Phi) is 4.26. The molecule has 2 aromatic rings. The molecule has 1 fully saturated rings. The molecule has 0 aliphatic heterocycles. The van der Waals surface area contributed by atoms with E-state index in [1.807, 2.05) is 16.8 Å². The summed E-state index contributed by atoms with van der Waals surface area (Å²) in [5, 5.41) is 28.2. The Morgan fingerprint density at radius 1 is 1.52 bits per heavy atom. The van der Waals surface area contributed by atoms with Gasteiger partial charge in [0.05, 0.1) is 6.10 Å². The number of nitrogens with zero attached hydrogens (tertiary/aromatic N) is 4. The van der Waals surface area contributed by atoms with E-state index in [2.05, 4.69) is 20.7 Å². The van der Waals surface area contributed by atoms with Gasteiger partial charge in [-0.25, -0.2) is 0 Å². The van der Waals surface area contributed by atoms with Crippen molar-refractivity contribution < 1.29 is 9.90 Å². The number of aliphatic hydroxyl groups excluding tert-OH is 1. The molecule has 1 aliphatic rings. The molecule has 3 rings (SSSR count). The van der Waals surface area contributed by atoms with E-state index in [0.717, 1.165) is 24.8 Å². The van der Waals surface area contributed by atoms with Crippen molar-refractivity contribution in [2.75, 3.05) is 6.54 Å². The van der Waals surface area contributed by atoms with Gasteiger partial charge in [-0.15, -0.1) is 10.2 Å². The summed E-state index contributed by atoms with van der Waals surface area (Å²) in [4.78, 5) is 13.1. The lowest BCUT2D eigenvalue weighted by Crippen LogP contribution is -2.32. The van der Waals surface area contributed by atoms with Gasteiger partial charge in [-0.3, -0.25) is 4.79 Å². The molecule has 112 valence electrons. The molecule has 1 aliphatic carbocycles. The summed E-state index contributed by atoms with van der Waals surface area (Å²) in [6, 6.07) is 1.91. The molecule has 1 saturated carbocycles. The van der Waals surface area contributed by atoms with Crippen molar-refractivity contribution in [3.8, 4) is 11.4 Å². The van der Waals surface area contributed by atoms with Crippen LogP contribution in [0.1, 0.15) is 19.3 Å². The molecule has 2 unspecified atom stereocenters. The number of thiophene rings is 1. The van der Waals surface area contributed by atoms with Gasteiger partial charge in [0.15, 0.2) is 0 Å². The van der Waals surface area contributed by atoms with E-state index < -0.39 is 0 Å². The van der Waals surface area contributed by atoms with Gasteiger partial charge in [0.2, 0.25) is 11.7 Å².